The zero-order chi connectivity index (χ0) is 16.7. The number of imidazole rings is 1. The molecule has 120 valence electrons. The lowest BCUT2D eigenvalue weighted by Gasteiger charge is -2.12. The Bertz CT molecular complexity index is 966. The van der Waals surface area contributed by atoms with Gasteiger partial charge in [0.2, 0.25) is 17.8 Å². The summed E-state index contributed by atoms with van der Waals surface area (Å²) in [6, 6.07) is 13.8. The number of hydrogen-bond donors (Lipinski definition) is 2. The lowest BCUT2D eigenvalue weighted by atomic mass is 10.1. The van der Waals surface area contributed by atoms with Gasteiger partial charge in [0.05, 0.1) is 17.5 Å². The highest BCUT2D eigenvalue weighted by Crippen LogP contribution is 2.32. The molecule has 0 saturated carbocycles. The van der Waals surface area contributed by atoms with E-state index in [4.69, 9.17) is 11.6 Å². The zero-order valence-electron chi connectivity index (χ0n) is 12.5. The number of nitrogens with one attached hydrogen (secondary N) is 2. The lowest BCUT2D eigenvalue weighted by Crippen LogP contribution is -2.23. The maximum atomic E-state index is 12.3. The first kappa shape index (κ1) is 14.7. The van der Waals surface area contributed by atoms with Gasteiger partial charge in [-0.25, -0.2) is 4.98 Å². The first-order chi connectivity index (χ1) is 11.6. The summed E-state index contributed by atoms with van der Waals surface area (Å²) in [5.41, 5.74) is 2.21. The van der Waals surface area contributed by atoms with E-state index in [9.17, 15) is 9.59 Å². The van der Waals surface area contributed by atoms with Crippen LogP contribution in [-0.2, 0) is 9.59 Å². The minimum Gasteiger partial charge on any atom is -0.326 e. The van der Waals surface area contributed by atoms with Crippen molar-refractivity contribution in [3.8, 4) is 0 Å². The largest absolute Gasteiger partial charge is 0.326 e. The van der Waals surface area contributed by atoms with Crippen molar-refractivity contribution in [2.75, 3.05) is 10.6 Å². The van der Waals surface area contributed by atoms with Gasteiger partial charge in [0, 0.05) is 10.7 Å². The smallest absolute Gasteiger partial charge is 0.250 e. The molecule has 1 aliphatic rings. The Labute approximate surface area is 142 Å². The maximum absolute atomic E-state index is 12.3. The van der Waals surface area contributed by atoms with E-state index in [1.165, 1.54) is 0 Å². The molecule has 3 aromatic rings. The molecule has 0 saturated heterocycles. The number of amides is 2. The normalized spacial score (nSPS) is 16.0. The summed E-state index contributed by atoms with van der Waals surface area (Å²) in [4.78, 5) is 28.9. The van der Waals surface area contributed by atoms with E-state index in [0.717, 1.165) is 11.0 Å². The second-order valence-electron chi connectivity index (χ2n) is 5.56. The number of fused-ring (bicyclic) bond motifs is 3. The van der Waals surface area contributed by atoms with Crippen LogP contribution in [0.15, 0.2) is 48.5 Å². The summed E-state index contributed by atoms with van der Waals surface area (Å²) in [6.07, 6.45) is 0.0195. The number of carbonyl (C=O) groups excluding carboxylic acids is 2. The average molecular weight is 341 g/mol. The molecule has 1 aliphatic heterocycles. The monoisotopic (exact) mass is 340 g/mol. The van der Waals surface area contributed by atoms with E-state index >= 15 is 0 Å². The van der Waals surface area contributed by atoms with E-state index in [1.807, 2.05) is 24.3 Å². The molecule has 0 aliphatic carbocycles. The highest BCUT2D eigenvalue weighted by molar-refractivity contribution is 6.30. The maximum Gasteiger partial charge on any atom is 0.250 e. The first-order valence-corrected chi connectivity index (χ1v) is 7.83. The fourth-order valence-electron chi connectivity index (χ4n) is 2.90. The second kappa shape index (κ2) is 5.65. The molecule has 2 aromatic carbocycles. The summed E-state index contributed by atoms with van der Waals surface area (Å²) in [7, 11) is 0. The van der Waals surface area contributed by atoms with Gasteiger partial charge in [0.15, 0.2) is 0 Å². The predicted octanol–water partition coefficient (Wildman–Crippen LogP) is 3.21. The van der Waals surface area contributed by atoms with Crippen LogP contribution in [-0.4, -0.2) is 21.4 Å². The number of nitrogens with zero attached hydrogens (tertiary/aromatic N) is 2. The van der Waals surface area contributed by atoms with Crippen LogP contribution in [0.25, 0.3) is 11.0 Å². The molecule has 2 amide bonds. The standard InChI is InChI=1S/C17H13ClN4O2/c18-10-4-3-5-11(8-10)19-15(23)9-14-16(24)21-17-20-12-6-1-2-7-13(12)22(14)17/h1-8,14H,9H2,(H,19,23)(H,20,21,24). The van der Waals surface area contributed by atoms with E-state index in [0.29, 0.717) is 16.7 Å². The number of carbonyl (C=O) groups is 2. The highest BCUT2D eigenvalue weighted by atomic mass is 35.5. The van der Waals surface area contributed by atoms with E-state index in [2.05, 4.69) is 15.6 Å². The minimum absolute atomic E-state index is 0.0195. The van der Waals surface area contributed by atoms with Crippen LogP contribution in [0.2, 0.25) is 5.02 Å². The van der Waals surface area contributed by atoms with Gasteiger partial charge in [-0.05, 0) is 30.3 Å². The van der Waals surface area contributed by atoms with Crippen molar-refractivity contribution in [2.45, 2.75) is 12.5 Å². The number of benzene rings is 2. The first-order valence-electron chi connectivity index (χ1n) is 7.45. The molecule has 2 heterocycles. The third-order valence-corrected chi connectivity index (χ3v) is 4.17. The van der Waals surface area contributed by atoms with E-state index < -0.39 is 6.04 Å². The topological polar surface area (TPSA) is 76.0 Å². The van der Waals surface area contributed by atoms with Gasteiger partial charge in [0.25, 0.3) is 0 Å². The number of anilines is 2. The Hall–Kier alpha value is -2.86. The van der Waals surface area contributed by atoms with Gasteiger partial charge >= 0.3 is 0 Å². The van der Waals surface area contributed by atoms with Crippen LogP contribution >= 0.6 is 11.6 Å². The minimum atomic E-state index is -0.619. The Morgan fingerprint density at radius 2 is 2.08 bits per heavy atom. The zero-order valence-corrected chi connectivity index (χ0v) is 13.2. The van der Waals surface area contributed by atoms with Crippen LogP contribution < -0.4 is 10.6 Å². The Kier molecular flexibility index (Phi) is 3.46. The predicted molar refractivity (Wildman–Crippen MR) is 92.1 cm³/mol. The molecule has 1 aromatic heterocycles. The molecule has 1 atom stereocenters. The average Bonchev–Trinajstić information content (AvgIpc) is 3.03. The molecule has 7 heteroatoms. The van der Waals surface area contributed by atoms with Gasteiger partial charge in [0.1, 0.15) is 6.04 Å². The number of rotatable bonds is 3. The van der Waals surface area contributed by atoms with Gasteiger partial charge < -0.3 is 5.32 Å². The summed E-state index contributed by atoms with van der Waals surface area (Å²) in [5.74, 6) is -0.0192. The van der Waals surface area contributed by atoms with Crippen molar-refractivity contribution in [1.29, 1.82) is 0 Å². The molecule has 0 spiro atoms. The van der Waals surface area contributed by atoms with Crippen LogP contribution in [0, 0.1) is 0 Å². The van der Waals surface area contributed by atoms with E-state index in [-0.39, 0.29) is 18.2 Å². The molecule has 6 nitrogen and oxygen atoms in total. The fraction of sp³-hybridized carbons (Fsp3) is 0.118. The molecule has 0 fully saturated rings. The summed E-state index contributed by atoms with van der Waals surface area (Å²) in [5, 5.41) is 6.03. The molecule has 2 N–H and O–H groups in total. The number of hydrogen-bond acceptors (Lipinski definition) is 3. The Morgan fingerprint density at radius 3 is 2.92 bits per heavy atom. The van der Waals surface area contributed by atoms with Gasteiger partial charge in [-0.1, -0.05) is 29.8 Å². The molecule has 24 heavy (non-hydrogen) atoms. The van der Waals surface area contributed by atoms with E-state index in [1.54, 1.807) is 28.8 Å². The number of halogens is 1. The van der Waals surface area contributed by atoms with Crippen molar-refractivity contribution in [3.63, 3.8) is 0 Å². The number of aromatic nitrogens is 2. The summed E-state index contributed by atoms with van der Waals surface area (Å²) in [6.45, 7) is 0. The lowest BCUT2D eigenvalue weighted by molar-refractivity contribution is -0.123. The molecular formula is C17H13ClN4O2. The molecule has 0 radical (unpaired) electrons. The van der Waals surface area contributed by atoms with Crippen molar-refractivity contribution < 1.29 is 9.59 Å². The van der Waals surface area contributed by atoms with Crippen molar-refractivity contribution in [3.05, 3.63) is 53.6 Å². The number of para-hydroxylation sites is 2. The summed E-state index contributed by atoms with van der Waals surface area (Å²) >= 11 is 5.91. The van der Waals surface area contributed by atoms with Gasteiger partial charge in [-0.3, -0.25) is 19.5 Å². The third-order valence-electron chi connectivity index (χ3n) is 3.93. The van der Waals surface area contributed by atoms with Crippen molar-refractivity contribution in [1.82, 2.24) is 9.55 Å². The molecular weight excluding hydrogens is 328 g/mol. The van der Waals surface area contributed by atoms with Crippen molar-refractivity contribution in [2.24, 2.45) is 0 Å². The quantitative estimate of drug-likeness (QED) is 0.768. The third kappa shape index (κ3) is 2.51. The summed E-state index contributed by atoms with van der Waals surface area (Å²) < 4.78 is 1.77. The Morgan fingerprint density at radius 1 is 1.25 bits per heavy atom. The van der Waals surface area contributed by atoms with Gasteiger partial charge in [-0.15, -0.1) is 0 Å². The van der Waals surface area contributed by atoms with Crippen LogP contribution in [0.4, 0.5) is 11.6 Å². The van der Waals surface area contributed by atoms with Crippen LogP contribution in [0.5, 0.6) is 0 Å². The second-order valence-corrected chi connectivity index (χ2v) is 6.00. The fourth-order valence-corrected chi connectivity index (χ4v) is 3.09. The molecule has 1 unspecified atom stereocenters. The van der Waals surface area contributed by atoms with Crippen molar-refractivity contribution >= 4 is 46.1 Å². The van der Waals surface area contributed by atoms with Crippen LogP contribution in [0.3, 0.4) is 0 Å². The SMILES string of the molecule is O=C(CC1C(=O)Nc2nc3ccccc3n21)Nc1cccc(Cl)c1. The molecule has 0 bridgehead atoms. The van der Waals surface area contributed by atoms with Gasteiger partial charge in [-0.2, -0.15) is 0 Å². The van der Waals surface area contributed by atoms with Crippen LogP contribution in [0.1, 0.15) is 12.5 Å². The highest BCUT2D eigenvalue weighted by Gasteiger charge is 2.34. The Balaban J connectivity index is 1.59. The molecule has 4 rings (SSSR count).